The fourth-order valence-corrected chi connectivity index (χ4v) is 2.33. The Balaban J connectivity index is 1.62. The fourth-order valence-electron chi connectivity index (χ4n) is 2.33. The zero-order valence-corrected chi connectivity index (χ0v) is 10.9. The summed E-state index contributed by atoms with van der Waals surface area (Å²) in [5, 5.41) is 8.77. The summed E-state index contributed by atoms with van der Waals surface area (Å²) < 4.78 is 0. The molecule has 0 spiro atoms. The van der Waals surface area contributed by atoms with Gasteiger partial charge in [0.15, 0.2) is 0 Å². The molecule has 3 rings (SSSR count). The van der Waals surface area contributed by atoms with Gasteiger partial charge in [0.05, 0.1) is 12.5 Å². The molecule has 1 heterocycles. The lowest BCUT2D eigenvalue weighted by molar-refractivity contribution is -0.121. The van der Waals surface area contributed by atoms with Crippen LogP contribution >= 0.6 is 0 Å². The van der Waals surface area contributed by atoms with Crippen LogP contribution in [0.5, 0.6) is 0 Å². The molecule has 1 aliphatic carbocycles. The molecule has 6 nitrogen and oxygen atoms in total. The molecule has 1 aromatic carbocycles. The van der Waals surface area contributed by atoms with Crippen molar-refractivity contribution in [2.24, 2.45) is 5.92 Å². The van der Waals surface area contributed by atoms with E-state index >= 15 is 0 Å². The van der Waals surface area contributed by atoms with Crippen LogP contribution in [-0.2, 0) is 11.3 Å². The van der Waals surface area contributed by atoms with Crippen LogP contribution in [-0.4, -0.2) is 21.1 Å². The summed E-state index contributed by atoms with van der Waals surface area (Å²) in [6.07, 6.45) is 0. The average molecular weight is 270 g/mol. The monoisotopic (exact) mass is 270 g/mol. The fraction of sp³-hybridized carbons (Fsp3) is 0.214. The summed E-state index contributed by atoms with van der Waals surface area (Å²) in [5.74, 6) is 0.191. The number of rotatable bonds is 4. The van der Waals surface area contributed by atoms with Gasteiger partial charge in [-0.1, -0.05) is 35.9 Å². The van der Waals surface area contributed by atoms with Crippen LogP contribution in [0.1, 0.15) is 18.3 Å². The lowest BCUT2D eigenvalue weighted by Crippen LogP contribution is -2.26. The number of hydrogen-bond acceptors (Lipinski definition) is 3. The van der Waals surface area contributed by atoms with Crippen LogP contribution in [0.3, 0.4) is 0 Å². The number of hydrogen-bond donors (Lipinski definition) is 3. The molecule has 0 radical (unpaired) electrons. The van der Waals surface area contributed by atoms with Crippen molar-refractivity contribution < 1.29 is 4.79 Å². The molecule has 1 aliphatic rings. The second kappa shape index (κ2) is 4.80. The number of aromatic amines is 2. The van der Waals surface area contributed by atoms with Crippen molar-refractivity contribution in [2.75, 3.05) is 0 Å². The first-order valence-corrected chi connectivity index (χ1v) is 6.34. The van der Waals surface area contributed by atoms with Gasteiger partial charge in [0.2, 0.25) is 5.91 Å². The Morgan fingerprint density at radius 2 is 2.10 bits per heavy atom. The van der Waals surface area contributed by atoms with Gasteiger partial charge in [-0.05, 0) is 18.1 Å². The number of nitrogens with one attached hydrogen (secondary N) is 3. The Kier molecular flexibility index (Phi) is 2.98. The van der Waals surface area contributed by atoms with Crippen LogP contribution in [0.2, 0.25) is 0 Å². The molecular weight excluding hydrogens is 256 g/mol. The maximum absolute atomic E-state index is 12.1. The highest BCUT2D eigenvalue weighted by Crippen LogP contribution is 2.46. The van der Waals surface area contributed by atoms with Gasteiger partial charge in [-0.25, -0.2) is 9.89 Å². The van der Waals surface area contributed by atoms with E-state index in [9.17, 15) is 9.59 Å². The van der Waals surface area contributed by atoms with Crippen molar-refractivity contribution in [3.8, 4) is 0 Å². The Labute approximate surface area is 114 Å². The summed E-state index contributed by atoms with van der Waals surface area (Å²) in [6, 6.07) is 9.86. The van der Waals surface area contributed by atoms with Crippen molar-refractivity contribution in [3.05, 3.63) is 57.8 Å². The first-order chi connectivity index (χ1) is 9.66. The first-order valence-electron chi connectivity index (χ1n) is 6.34. The Morgan fingerprint density at radius 1 is 1.35 bits per heavy atom. The molecule has 1 aromatic heterocycles. The standard InChI is InChI=1S/C14H14N4O2/c1-8-11(9-5-3-2-4-6-9)12(8)13(19)15-7-10-16-14(20)18-17-10/h2-6,12H,7H2,1H3,(H,15,19)(H2,16,17,18,20). The SMILES string of the molecule is CC1=C(c2ccccc2)C1C(=O)NCc1n[nH]c(=O)[nH]1. The highest BCUT2D eigenvalue weighted by atomic mass is 16.2. The minimum Gasteiger partial charge on any atom is -0.348 e. The third kappa shape index (κ3) is 2.27. The Hall–Kier alpha value is -2.63. The van der Waals surface area contributed by atoms with E-state index < -0.39 is 0 Å². The minimum absolute atomic E-state index is 0.0646. The van der Waals surface area contributed by atoms with E-state index in [0.717, 1.165) is 16.7 Å². The van der Waals surface area contributed by atoms with Gasteiger partial charge in [0, 0.05) is 0 Å². The Bertz CT molecular complexity index is 727. The van der Waals surface area contributed by atoms with Gasteiger partial charge >= 0.3 is 5.69 Å². The number of aromatic nitrogens is 3. The van der Waals surface area contributed by atoms with Crippen molar-refractivity contribution >= 4 is 11.5 Å². The topological polar surface area (TPSA) is 90.6 Å². The van der Waals surface area contributed by atoms with Crippen LogP contribution in [0.25, 0.3) is 5.57 Å². The number of benzene rings is 1. The highest BCUT2D eigenvalue weighted by Gasteiger charge is 2.39. The third-order valence-corrected chi connectivity index (χ3v) is 3.39. The molecular formula is C14H14N4O2. The summed E-state index contributed by atoms with van der Waals surface area (Å²) in [7, 11) is 0. The van der Waals surface area contributed by atoms with Crippen molar-refractivity contribution in [1.82, 2.24) is 20.5 Å². The van der Waals surface area contributed by atoms with Gasteiger partial charge in [-0.15, -0.1) is 0 Å². The van der Waals surface area contributed by atoms with Crippen molar-refractivity contribution in [2.45, 2.75) is 13.5 Å². The summed E-state index contributed by atoms with van der Waals surface area (Å²) in [4.78, 5) is 25.5. The molecule has 3 N–H and O–H groups in total. The number of carbonyl (C=O) groups is 1. The number of amides is 1. The number of H-pyrrole nitrogens is 2. The molecule has 2 aromatic rings. The largest absolute Gasteiger partial charge is 0.348 e. The van der Waals surface area contributed by atoms with Gasteiger partial charge in [0.1, 0.15) is 5.82 Å². The quantitative estimate of drug-likeness (QED) is 0.768. The van der Waals surface area contributed by atoms with Gasteiger partial charge in [0.25, 0.3) is 0 Å². The van der Waals surface area contributed by atoms with Crippen LogP contribution in [0, 0.1) is 5.92 Å². The first kappa shape index (κ1) is 12.4. The second-order valence-corrected chi connectivity index (χ2v) is 4.74. The maximum Gasteiger partial charge on any atom is 0.340 e. The number of nitrogens with zero attached hydrogens (tertiary/aromatic N) is 1. The predicted octanol–water partition coefficient (Wildman–Crippen LogP) is 0.818. The highest BCUT2D eigenvalue weighted by molar-refractivity contribution is 6.05. The van der Waals surface area contributed by atoms with E-state index in [2.05, 4.69) is 20.5 Å². The molecule has 0 bridgehead atoms. The zero-order chi connectivity index (χ0) is 14.1. The molecule has 0 saturated carbocycles. The molecule has 102 valence electrons. The lowest BCUT2D eigenvalue weighted by atomic mass is 10.1. The molecule has 20 heavy (non-hydrogen) atoms. The summed E-state index contributed by atoms with van der Waals surface area (Å²) in [5.41, 5.74) is 2.88. The molecule has 1 unspecified atom stereocenters. The predicted molar refractivity (Wildman–Crippen MR) is 73.6 cm³/mol. The van der Waals surface area contributed by atoms with E-state index in [1.54, 1.807) is 0 Å². The third-order valence-electron chi connectivity index (χ3n) is 3.39. The van der Waals surface area contributed by atoms with E-state index in [0.29, 0.717) is 5.82 Å². The number of carbonyl (C=O) groups excluding carboxylic acids is 1. The summed E-state index contributed by atoms with van der Waals surface area (Å²) >= 11 is 0. The van der Waals surface area contributed by atoms with E-state index in [-0.39, 0.29) is 24.1 Å². The van der Waals surface area contributed by atoms with Crippen LogP contribution in [0.4, 0.5) is 0 Å². The summed E-state index contributed by atoms with van der Waals surface area (Å²) in [6.45, 7) is 2.17. The van der Waals surface area contributed by atoms with Crippen molar-refractivity contribution in [3.63, 3.8) is 0 Å². The van der Waals surface area contributed by atoms with Gasteiger partial charge in [-0.3, -0.25) is 9.78 Å². The lowest BCUT2D eigenvalue weighted by Gasteiger charge is -2.03. The van der Waals surface area contributed by atoms with E-state index in [1.807, 2.05) is 37.3 Å². The van der Waals surface area contributed by atoms with Crippen LogP contribution in [0.15, 0.2) is 40.7 Å². The van der Waals surface area contributed by atoms with Crippen molar-refractivity contribution in [1.29, 1.82) is 0 Å². The molecule has 1 amide bonds. The second-order valence-electron chi connectivity index (χ2n) is 4.74. The molecule has 0 fully saturated rings. The van der Waals surface area contributed by atoms with Gasteiger partial charge in [-0.2, -0.15) is 5.10 Å². The smallest absolute Gasteiger partial charge is 0.340 e. The normalized spacial score (nSPS) is 17.1. The average Bonchev–Trinajstić information content (AvgIpc) is 2.95. The maximum atomic E-state index is 12.1. The molecule has 0 aliphatic heterocycles. The van der Waals surface area contributed by atoms with E-state index in [1.165, 1.54) is 0 Å². The molecule has 6 heteroatoms. The van der Waals surface area contributed by atoms with E-state index in [4.69, 9.17) is 0 Å². The molecule has 1 atom stereocenters. The zero-order valence-electron chi connectivity index (χ0n) is 10.9. The van der Waals surface area contributed by atoms with Gasteiger partial charge < -0.3 is 5.32 Å². The van der Waals surface area contributed by atoms with Crippen LogP contribution < -0.4 is 11.0 Å². The Morgan fingerprint density at radius 3 is 2.75 bits per heavy atom. The minimum atomic E-state index is -0.375. The molecule has 0 saturated heterocycles.